The highest BCUT2D eigenvalue weighted by molar-refractivity contribution is 7.85. The van der Waals surface area contributed by atoms with E-state index in [4.69, 9.17) is 4.55 Å². The highest BCUT2D eigenvalue weighted by Gasteiger charge is 2.29. The average Bonchev–Trinajstić information content (AvgIpc) is 2.38. The van der Waals surface area contributed by atoms with Crippen molar-refractivity contribution in [1.29, 1.82) is 0 Å². The van der Waals surface area contributed by atoms with Gasteiger partial charge in [-0.3, -0.25) is 14.1 Å². The van der Waals surface area contributed by atoms with E-state index < -0.39 is 32.5 Å². The van der Waals surface area contributed by atoms with Crippen molar-refractivity contribution in [1.82, 2.24) is 4.68 Å². The average molecular weight is 222 g/mol. The van der Waals surface area contributed by atoms with Crippen LogP contribution in [-0.2, 0) is 10.1 Å². The predicted octanol–water partition coefficient (Wildman–Crippen LogP) is -1.71. The molecular weight excluding hydrogens is 212 g/mol. The van der Waals surface area contributed by atoms with Crippen LogP contribution in [0.4, 0.5) is 0 Å². The second-order valence-corrected chi connectivity index (χ2v) is 5.12. The first-order valence-electron chi connectivity index (χ1n) is 3.74. The van der Waals surface area contributed by atoms with Crippen LogP contribution in [-0.4, -0.2) is 28.9 Å². The van der Waals surface area contributed by atoms with Gasteiger partial charge in [0.05, 0.1) is 11.3 Å². The lowest BCUT2D eigenvalue weighted by Crippen LogP contribution is -2.43. The van der Waals surface area contributed by atoms with E-state index in [1.807, 2.05) is 0 Å². The summed E-state index contributed by atoms with van der Waals surface area (Å²) < 4.78 is 30.3. The molecule has 80 valence electrons. The largest absolute Gasteiger partial charge is 0.340 e. The fourth-order valence-corrected chi connectivity index (χ4v) is 2.00. The molecule has 0 amide bonds. The lowest BCUT2D eigenvalue weighted by Gasteiger charge is -2.22. The van der Waals surface area contributed by atoms with Crippen LogP contribution in [0.3, 0.4) is 0 Å². The quantitative estimate of drug-likeness (QED) is 0.464. The SMILES string of the molecule is CC(C)(CS(=O)(=O)O)Nn1c(=O)c1=O. The number of rotatable bonds is 4. The number of hydrogen-bond acceptors (Lipinski definition) is 5. The monoisotopic (exact) mass is 222 g/mol. The third-order valence-electron chi connectivity index (χ3n) is 1.50. The van der Waals surface area contributed by atoms with E-state index in [0.29, 0.717) is 4.68 Å². The van der Waals surface area contributed by atoms with Crippen molar-refractivity contribution in [3.63, 3.8) is 0 Å². The van der Waals surface area contributed by atoms with Crippen molar-refractivity contribution in [3.8, 4) is 0 Å². The summed E-state index contributed by atoms with van der Waals surface area (Å²) in [6, 6.07) is 0. The first-order chi connectivity index (χ1) is 6.12. The molecule has 0 fully saturated rings. The Morgan fingerprint density at radius 1 is 1.36 bits per heavy atom. The van der Waals surface area contributed by atoms with Crippen molar-refractivity contribution in [2.45, 2.75) is 19.4 Å². The zero-order valence-corrected chi connectivity index (χ0v) is 8.46. The maximum absolute atomic E-state index is 10.6. The van der Waals surface area contributed by atoms with Crippen LogP contribution in [0.15, 0.2) is 9.59 Å². The van der Waals surface area contributed by atoms with Gasteiger partial charge in [-0.05, 0) is 13.8 Å². The summed E-state index contributed by atoms with van der Waals surface area (Å²) in [7, 11) is -4.15. The van der Waals surface area contributed by atoms with E-state index in [0.717, 1.165) is 0 Å². The molecule has 0 saturated carbocycles. The summed E-state index contributed by atoms with van der Waals surface area (Å²) in [5.41, 5.74) is -0.122. The molecule has 0 saturated heterocycles. The second-order valence-electron chi connectivity index (χ2n) is 3.67. The molecule has 7 nitrogen and oxygen atoms in total. The molecule has 0 bridgehead atoms. The summed E-state index contributed by atoms with van der Waals surface area (Å²) in [6.07, 6.45) is 0. The molecule has 0 radical (unpaired) electrons. The Balaban J connectivity index is 2.73. The third-order valence-corrected chi connectivity index (χ3v) is 2.58. The molecule has 0 aliphatic heterocycles. The molecule has 1 aromatic heterocycles. The summed E-state index contributed by atoms with van der Waals surface area (Å²) >= 11 is 0. The van der Waals surface area contributed by atoms with Crippen molar-refractivity contribution < 1.29 is 13.0 Å². The van der Waals surface area contributed by atoms with Gasteiger partial charge in [-0.15, -0.1) is 0 Å². The molecule has 1 rings (SSSR count). The van der Waals surface area contributed by atoms with Crippen molar-refractivity contribution in [3.05, 3.63) is 20.7 Å². The molecule has 14 heavy (non-hydrogen) atoms. The molecule has 0 unspecified atom stereocenters. The summed E-state index contributed by atoms with van der Waals surface area (Å²) in [4.78, 5) is 21.1. The molecule has 1 aromatic rings. The van der Waals surface area contributed by atoms with Gasteiger partial charge in [0.25, 0.3) is 10.1 Å². The molecule has 2 N–H and O–H groups in total. The minimum absolute atomic E-state index is 0.586. The molecule has 0 aliphatic rings. The fraction of sp³-hybridized carbons (Fsp3) is 0.667. The predicted molar refractivity (Wildman–Crippen MR) is 49.2 cm³/mol. The van der Waals surface area contributed by atoms with Crippen LogP contribution in [0, 0.1) is 0 Å². The van der Waals surface area contributed by atoms with Gasteiger partial charge >= 0.3 is 11.1 Å². The van der Waals surface area contributed by atoms with Gasteiger partial charge < -0.3 is 5.43 Å². The van der Waals surface area contributed by atoms with Gasteiger partial charge in [0.2, 0.25) is 0 Å². The maximum Gasteiger partial charge on any atom is 0.340 e. The third kappa shape index (κ3) is 2.67. The van der Waals surface area contributed by atoms with E-state index in [-0.39, 0.29) is 0 Å². The Bertz CT molecular complexity index is 479. The van der Waals surface area contributed by atoms with Gasteiger partial charge in [0.1, 0.15) is 0 Å². The number of hydrogen-bond donors (Lipinski definition) is 2. The topological polar surface area (TPSA) is 105 Å². The smallest absolute Gasteiger partial charge is 0.313 e. The Morgan fingerprint density at radius 2 is 1.79 bits per heavy atom. The van der Waals surface area contributed by atoms with Crippen LogP contribution < -0.4 is 16.5 Å². The van der Waals surface area contributed by atoms with Gasteiger partial charge in [0, 0.05) is 0 Å². The second kappa shape index (κ2) is 2.92. The molecule has 8 heteroatoms. The molecule has 0 aromatic carbocycles. The maximum atomic E-state index is 10.6. The summed E-state index contributed by atoms with van der Waals surface area (Å²) in [5.74, 6) is -0.586. The van der Waals surface area contributed by atoms with Gasteiger partial charge in [-0.25, -0.2) is 0 Å². The highest BCUT2D eigenvalue weighted by atomic mass is 32.2. The van der Waals surface area contributed by atoms with E-state index >= 15 is 0 Å². The van der Waals surface area contributed by atoms with Crippen LogP contribution in [0.25, 0.3) is 0 Å². The number of nitrogens with one attached hydrogen (secondary N) is 1. The highest BCUT2D eigenvalue weighted by Crippen LogP contribution is 2.06. The Kier molecular flexibility index (Phi) is 2.28. The van der Waals surface area contributed by atoms with Gasteiger partial charge in [0.15, 0.2) is 0 Å². The molecule has 1 heterocycles. The summed E-state index contributed by atoms with van der Waals surface area (Å²) in [5, 5.41) is 0. The van der Waals surface area contributed by atoms with E-state index in [1.54, 1.807) is 0 Å². The standard InChI is InChI=1S/C6H10N2O5S/c1-6(2,3-14(11,12)13)7-8-4(9)5(8)10/h7H,3H2,1-2H3,(H,11,12,13). The van der Waals surface area contributed by atoms with Crippen molar-refractivity contribution >= 4 is 10.1 Å². The van der Waals surface area contributed by atoms with Crippen LogP contribution in [0.5, 0.6) is 0 Å². The normalized spacial score (nSPS) is 13.4. The Labute approximate surface area is 79.8 Å². The molecular formula is C6H10N2O5S. The number of aromatic nitrogens is 1. The van der Waals surface area contributed by atoms with Crippen LogP contribution in [0.2, 0.25) is 0 Å². The molecule has 0 aliphatic carbocycles. The zero-order chi connectivity index (χ0) is 11.1. The first-order valence-corrected chi connectivity index (χ1v) is 5.35. The molecule has 0 spiro atoms. The molecule has 0 atom stereocenters. The number of nitrogens with zero attached hydrogens (tertiary/aromatic N) is 1. The lowest BCUT2D eigenvalue weighted by atomic mass is 10.1. The van der Waals surface area contributed by atoms with Gasteiger partial charge in [-0.2, -0.15) is 13.1 Å². The van der Waals surface area contributed by atoms with Crippen molar-refractivity contribution in [2.75, 3.05) is 11.2 Å². The van der Waals surface area contributed by atoms with Crippen molar-refractivity contribution in [2.24, 2.45) is 0 Å². The summed E-state index contributed by atoms with van der Waals surface area (Å²) in [6.45, 7) is 2.89. The van der Waals surface area contributed by atoms with Gasteiger partial charge in [-0.1, -0.05) is 0 Å². The zero-order valence-electron chi connectivity index (χ0n) is 7.64. The minimum Gasteiger partial charge on any atom is -0.313 e. The van der Waals surface area contributed by atoms with E-state index in [2.05, 4.69) is 5.43 Å². The first kappa shape index (κ1) is 10.9. The Morgan fingerprint density at radius 3 is 2.07 bits per heavy atom. The minimum atomic E-state index is -4.15. The van der Waals surface area contributed by atoms with E-state index in [1.165, 1.54) is 13.8 Å². The lowest BCUT2D eigenvalue weighted by molar-refractivity contribution is 0.460. The fourth-order valence-electron chi connectivity index (χ4n) is 1.03. The Hall–Kier alpha value is -1.15. The van der Waals surface area contributed by atoms with Crippen LogP contribution in [0.1, 0.15) is 13.8 Å². The van der Waals surface area contributed by atoms with E-state index in [9.17, 15) is 18.0 Å². The van der Waals surface area contributed by atoms with Crippen LogP contribution >= 0.6 is 0 Å².